The maximum atomic E-state index is 3.28. The molecule has 1 heterocycles. The van der Waals surface area contributed by atoms with Crippen molar-refractivity contribution < 1.29 is 0 Å². The highest BCUT2D eigenvalue weighted by molar-refractivity contribution is 6.56. The van der Waals surface area contributed by atoms with Gasteiger partial charge in [0.1, 0.15) is 19.4 Å². The van der Waals surface area contributed by atoms with Gasteiger partial charge in [0.25, 0.3) is 0 Å². The predicted molar refractivity (Wildman–Crippen MR) is 24.3 cm³/mol. The van der Waals surface area contributed by atoms with Crippen molar-refractivity contribution in [3.63, 3.8) is 0 Å². The van der Waals surface area contributed by atoms with Gasteiger partial charge < -0.3 is 4.65 Å². The third kappa shape index (κ3) is 0.865. The lowest BCUT2D eigenvalue weighted by atomic mass is 11.0. The molecule has 4 radical (unpaired) electrons. The van der Waals surface area contributed by atoms with Crippen LogP contribution in [0, 0.1) is 0 Å². The van der Waals surface area contributed by atoms with Gasteiger partial charge in [0.15, 0.2) is 0 Å². The maximum Gasteiger partial charge on any atom is 0.130 e. The molecule has 0 amide bonds. The van der Waals surface area contributed by atoms with Gasteiger partial charge in [0.2, 0.25) is 0 Å². The Balaban J connectivity index is 2.08. The molecule has 0 saturated carbocycles. The Morgan fingerprint density at radius 2 is 1.80 bits per heavy atom. The van der Waals surface area contributed by atoms with Crippen molar-refractivity contribution >= 4 is 19.4 Å². The van der Waals surface area contributed by atoms with Crippen LogP contribution in [-0.2, 0) is 0 Å². The van der Waals surface area contributed by atoms with Crippen molar-refractivity contribution in [2.75, 3.05) is 0 Å². The van der Waals surface area contributed by atoms with E-state index in [0.717, 1.165) is 19.4 Å². The zero-order valence-corrected chi connectivity index (χ0v) is 4.91. The fraction of sp³-hybridized carbons (Fsp3) is 1.00. The zero-order chi connectivity index (χ0) is 3.54. The molecule has 1 nitrogen and oxygen atoms in total. The highest BCUT2D eigenvalue weighted by Gasteiger charge is 1.97. The smallest absolute Gasteiger partial charge is 0.130 e. The molecule has 3 heteroatoms. The predicted octanol–water partition coefficient (Wildman–Crippen LogP) is -0.335. The molecule has 0 aromatic rings. The van der Waals surface area contributed by atoms with E-state index in [0.29, 0.717) is 0 Å². The zero-order valence-electron chi connectivity index (χ0n) is 2.91. The Morgan fingerprint density at radius 1 is 1.20 bits per heavy atom. The van der Waals surface area contributed by atoms with Gasteiger partial charge >= 0.3 is 0 Å². The van der Waals surface area contributed by atoms with Gasteiger partial charge in [0, 0.05) is 0 Å². The second kappa shape index (κ2) is 1.74. The van der Waals surface area contributed by atoms with E-state index < -0.39 is 0 Å². The molecule has 0 unspecified atom stereocenters. The third-order valence-electron chi connectivity index (χ3n) is 0.552. The van der Waals surface area contributed by atoms with E-state index in [2.05, 4.69) is 4.65 Å². The molecule has 0 aromatic carbocycles. The molecule has 1 saturated heterocycles. The minimum atomic E-state index is 1.07. The molecule has 1 fully saturated rings. The van der Waals surface area contributed by atoms with Gasteiger partial charge in [-0.1, -0.05) is 0 Å². The summed E-state index contributed by atoms with van der Waals surface area (Å²) < 4.78 is 3.28. The fourth-order valence-electron chi connectivity index (χ4n) is 0.312. The van der Waals surface area contributed by atoms with Crippen molar-refractivity contribution in [1.82, 2.24) is 4.65 Å². The lowest BCUT2D eigenvalue weighted by Crippen LogP contribution is -2.11. The summed E-state index contributed by atoms with van der Waals surface area (Å²) in [4.78, 5) is 0. The maximum absolute atomic E-state index is 3.28. The molecular formula is C2H5NSi2. The summed E-state index contributed by atoms with van der Waals surface area (Å²) in [5.41, 5.74) is 0. The van der Waals surface area contributed by atoms with Crippen LogP contribution in [0.4, 0.5) is 0 Å². The number of hydrogen-bond acceptors (Lipinski definition) is 1. The third-order valence-corrected chi connectivity index (χ3v) is 3.47. The quantitative estimate of drug-likeness (QED) is 0.410. The first-order valence-corrected chi connectivity index (χ1v) is 4.12. The molecule has 0 aliphatic carbocycles. The summed E-state index contributed by atoms with van der Waals surface area (Å²) in [6.07, 6.45) is 0. The van der Waals surface area contributed by atoms with E-state index in [4.69, 9.17) is 0 Å². The minimum absolute atomic E-state index is 1.07. The largest absolute Gasteiger partial charge is 0.363 e. The lowest BCUT2D eigenvalue weighted by Gasteiger charge is -1.72. The first kappa shape index (κ1) is 3.58. The Hall–Kier alpha value is 0.394. The van der Waals surface area contributed by atoms with E-state index in [1.54, 1.807) is 0 Å². The molecule has 0 spiro atoms. The van der Waals surface area contributed by atoms with E-state index in [1.807, 2.05) is 0 Å². The van der Waals surface area contributed by atoms with Crippen LogP contribution in [0.1, 0.15) is 0 Å². The van der Waals surface area contributed by atoms with Gasteiger partial charge in [-0.2, -0.15) is 0 Å². The van der Waals surface area contributed by atoms with Crippen molar-refractivity contribution in [2.45, 2.75) is 12.1 Å². The van der Waals surface area contributed by atoms with E-state index >= 15 is 0 Å². The summed E-state index contributed by atoms with van der Waals surface area (Å²) in [6, 6.07) is 2.86. The highest BCUT2D eigenvalue weighted by Crippen LogP contribution is 1.89. The van der Waals surface area contributed by atoms with Crippen molar-refractivity contribution in [3.05, 3.63) is 0 Å². The molecule has 26 valence electrons. The summed E-state index contributed by atoms with van der Waals surface area (Å²) in [5.74, 6) is 0. The molecular weight excluding hydrogens is 94.2 g/mol. The topological polar surface area (TPSA) is 12.0 Å². The Bertz CT molecular complexity index is 19.2. The molecule has 1 rings (SSSR count). The molecule has 0 aromatic heterocycles. The van der Waals surface area contributed by atoms with Gasteiger partial charge in [-0.3, -0.25) is 0 Å². The first-order valence-electron chi connectivity index (χ1n) is 1.71. The van der Waals surface area contributed by atoms with E-state index in [-0.39, 0.29) is 0 Å². The standard InChI is InChI=1S/C2H5NSi2/c1-2-5-3-4-1/h3H,1-2H2. The number of nitrogens with one attached hydrogen (secondary N) is 1. The van der Waals surface area contributed by atoms with Crippen molar-refractivity contribution in [1.29, 1.82) is 0 Å². The molecule has 0 bridgehead atoms. The van der Waals surface area contributed by atoms with E-state index in [1.165, 1.54) is 12.1 Å². The Morgan fingerprint density at radius 3 is 2.00 bits per heavy atom. The summed E-state index contributed by atoms with van der Waals surface area (Å²) in [7, 11) is 2.14. The van der Waals surface area contributed by atoms with Crippen molar-refractivity contribution in [3.8, 4) is 0 Å². The summed E-state index contributed by atoms with van der Waals surface area (Å²) >= 11 is 0. The summed E-state index contributed by atoms with van der Waals surface area (Å²) in [5, 5.41) is 0. The number of hydrogen-bond donors (Lipinski definition) is 1. The summed E-state index contributed by atoms with van der Waals surface area (Å²) in [6.45, 7) is 0. The van der Waals surface area contributed by atoms with Gasteiger partial charge in [-0.25, -0.2) is 0 Å². The lowest BCUT2D eigenvalue weighted by molar-refractivity contribution is 1.46. The first-order chi connectivity index (χ1) is 2.50. The molecule has 0 atom stereocenters. The molecule has 1 aliphatic rings. The Kier molecular flexibility index (Phi) is 1.25. The minimum Gasteiger partial charge on any atom is -0.363 e. The van der Waals surface area contributed by atoms with Crippen LogP contribution in [0.25, 0.3) is 0 Å². The van der Waals surface area contributed by atoms with Crippen LogP contribution in [0.5, 0.6) is 0 Å². The van der Waals surface area contributed by atoms with Crippen LogP contribution >= 0.6 is 0 Å². The van der Waals surface area contributed by atoms with Crippen LogP contribution in [0.2, 0.25) is 12.1 Å². The van der Waals surface area contributed by atoms with Crippen LogP contribution in [0.3, 0.4) is 0 Å². The second-order valence-electron chi connectivity index (χ2n) is 0.979. The monoisotopic (exact) mass is 99.0 g/mol. The van der Waals surface area contributed by atoms with Crippen molar-refractivity contribution in [2.24, 2.45) is 0 Å². The normalized spacial score (nSPS) is 24.0. The van der Waals surface area contributed by atoms with Gasteiger partial charge in [-0.15, -0.1) is 0 Å². The molecule has 5 heavy (non-hydrogen) atoms. The number of rotatable bonds is 0. The highest BCUT2D eigenvalue weighted by atomic mass is 28.3. The van der Waals surface area contributed by atoms with Gasteiger partial charge in [0.05, 0.1) is 0 Å². The van der Waals surface area contributed by atoms with Crippen LogP contribution in [0.15, 0.2) is 0 Å². The molecule has 1 aliphatic heterocycles. The fourth-order valence-corrected chi connectivity index (χ4v) is 2.81. The van der Waals surface area contributed by atoms with Crippen LogP contribution < -0.4 is 4.65 Å². The van der Waals surface area contributed by atoms with Gasteiger partial charge in [-0.05, 0) is 12.1 Å². The van der Waals surface area contributed by atoms with E-state index in [9.17, 15) is 0 Å². The molecule has 1 N–H and O–H groups in total. The SMILES string of the molecule is C1C[Si]N[Si]1. The Labute approximate surface area is 37.0 Å². The van der Waals surface area contributed by atoms with Crippen LogP contribution in [-0.4, -0.2) is 19.4 Å². The average molecular weight is 99.2 g/mol. The second-order valence-corrected chi connectivity index (χ2v) is 3.69. The average Bonchev–Trinajstić information content (AvgIpc) is 1.76.